The Bertz CT molecular complexity index is 127. The SMILES string of the molecule is NCCN1CCCNC1C=O. The molecular weight excluding hydrogens is 142 g/mol. The summed E-state index contributed by atoms with van der Waals surface area (Å²) in [6.45, 7) is 3.33. The zero-order chi connectivity index (χ0) is 8.10. The van der Waals surface area contributed by atoms with Crippen LogP contribution in [-0.2, 0) is 4.79 Å². The van der Waals surface area contributed by atoms with Crippen molar-refractivity contribution in [2.24, 2.45) is 5.73 Å². The van der Waals surface area contributed by atoms with Crippen molar-refractivity contribution in [3.63, 3.8) is 0 Å². The number of nitrogens with zero attached hydrogens (tertiary/aromatic N) is 1. The average molecular weight is 157 g/mol. The molecule has 0 spiro atoms. The fraction of sp³-hybridized carbons (Fsp3) is 0.857. The van der Waals surface area contributed by atoms with Gasteiger partial charge in [-0.3, -0.25) is 10.2 Å². The van der Waals surface area contributed by atoms with Gasteiger partial charge in [0.05, 0.1) is 0 Å². The molecule has 1 atom stereocenters. The standard InChI is InChI=1S/C7H15N3O/c8-2-5-10-4-1-3-9-7(10)6-11/h6-7,9H,1-5,8H2. The van der Waals surface area contributed by atoms with E-state index in [2.05, 4.69) is 10.2 Å². The van der Waals surface area contributed by atoms with E-state index in [4.69, 9.17) is 5.73 Å². The predicted molar refractivity (Wildman–Crippen MR) is 43.1 cm³/mol. The molecule has 0 radical (unpaired) electrons. The number of carbonyl (C=O) groups excluding carboxylic acids is 1. The van der Waals surface area contributed by atoms with Crippen LogP contribution >= 0.6 is 0 Å². The molecule has 1 rings (SSSR count). The first kappa shape index (κ1) is 8.64. The zero-order valence-corrected chi connectivity index (χ0v) is 6.62. The predicted octanol–water partition coefficient (Wildman–Crippen LogP) is -1.23. The monoisotopic (exact) mass is 157 g/mol. The van der Waals surface area contributed by atoms with Gasteiger partial charge in [0.1, 0.15) is 6.17 Å². The summed E-state index contributed by atoms with van der Waals surface area (Å²) in [6.07, 6.45) is 1.94. The summed E-state index contributed by atoms with van der Waals surface area (Å²) >= 11 is 0. The summed E-state index contributed by atoms with van der Waals surface area (Å²) in [7, 11) is 0. The molecule has 1 aliphatic heterocycles. The summed E-state index contributed by atoms with van der Waals surface area (Å²) in [6, 6.07) is 0. The lowest BCUT2D eigenvalue weighted by molar-refractivity contribution is -0.114. The van der Waals surface area contributed by atoms with Gasteiger partial charge in [-0.25, -0.2) is 0 Å². The molecule has 1 saturated heterocycles. The molecule has 0 saturated carbocycles. The van der Waals surface area contributed by atoms with E-state index in [1.165, 1.54) is 0 Å². The average Bonchev–Trinajstić information content (AvgIpc) is 2.06. The molecule has 11 heavy (non-hydrogen) atoms. The molecule has 0 bridgehead atoms. The van der Waals surface area contributed by atoms with Crippen molar-refractivity contribution in [3.8, 4) is 0 Å². The van der Waals surface area contributed by atoms with Gasteiger partial charge in [-0.2, -0.15) is 0 Å². The van der Waals surface area contributed by atoms with Crippen molar-refractivity contribution < 1.29 is 4.79 Å². The molecule has 0 aromatic heterocycles. The van der Waals surface area contributed by atoms with E-state index in [0.29, 0.717) is 6.54 Å². The van der Waals surface area contributed by atoms with Gasteiger partial charge in [-0.05, 0) is 13.0 Å². The molecule has 1 fully saturated rings. The van der Waals surface area contributed by atoms with Gasteiger partial charge in [0, 0.05) is 19.6 Å². The molecule has 1 heterocycles. The Balaban J connectivity index is 2.37. The van der Waals surface area contributed by atoms with Crippen LogP contribution in [0.3, 0.4) is 0 Å². The molecule has 1 aliphatic rings. The fourth-order valence-electron chi connectivity index (χ4n) is 1.35. The molecular formula is C7H15N3O. The van der Waals surface area contributed by atoms with Crippen LogP contribution in [0, 0.1) is 0 Å². The van der Waals surface area contributed by atoms with E-state index in [9.17, 15) is 4.79 Å². The van der Waals surface area contributed by atoms with Crippen LogP contribution < -0.4 is 11.1 Å². The molecule has 3 N–H and O–H groups in total. The number of aldehydes is 1. The van der Waals surface area contributed by atoms with Gasteiger partial charge < -0.3 is 10.5 Å². The molecule has 0 amide bonds. The van der Waals surface area contributed by atoms with Crippen molar-refractivity contribution >= 4 is 6.29 Å². The van der Waals surface area contributed by atoms with Crippen molar-refractivity contribution in [1.29, 1.82) is 0 Å². The minimum atomic E-state index is -0.104. The lowest BCUT2D eigenvalue weighted by Gasteiger charge is -2.32. The van der Waals surface area contributed by atoms with Gasteiger partial charge in [-0.15, -0.1) is 0 Å². The summed E-state index contributed by atoms with van der Waals surface area (Å²) in [5.74, 6) is 0. The molecule has 0 aromatic carbocycles. The Morgan fingerprint density at radius 3 is 3.18 bits per heavy atom. The summed E-state index contributed by atoms with van der Waals surface area (Å²) in [5, 5.41) is 3.11. The van der Waals surface area contributed by atoms with E-state index in [0.717, 1.165) is 32.3 Å². The number of carbonyl (C=O) groups is 1. The third kappa shape index (κ3) is 2.25. The van der Waals surface area contributed by atoms with Gasteiger partial charge in [-0.1, -0.05) is 0 Å². The Kier molecular flexibility index (Phi) is 3.48. The molecule has 0 aliphatic carbocycles. The highest BCUT2D eigenvalue weighted by Crippen LogP contribution is 2.00. The molecule has 4 heteroatoms. The number of hydrogen-bond acceptors (Lipinski definition) is 4. The van der Waals surface area contributed by atoms with Crippen LogP contribution in [0.4, 0.5) is 0 Å². The number of nitrogens with two attached hydrogens (primary N) is 1. The van der Waals surface area contributed by atoms with Crippen LogP contribution in [0.5, 0.6) is 0 Å². The summed E-state index contributed by atoms with van der Waals surface area (Å²) < 4.78 is 0. The molecule has 1 unspecified atom stereocenters. The lowest BCUT2D eigenvalue weighted by atomic mass is 10.2. The van der Waals surface area contributed by atoms with Crippen LogP contribution in [-0.4, -0.2) is 43.5 Å². The minimum Gasteiger partial charge on any atom is -0.329 e. The van der Waals surface area contributed by atoms with E-state index >= 15 is 0 Å². The van der Waals surface area contributed by atoms with Crippen LogP contribution in [0.15, 0.2) is 0 Å². The maximum Gasteiger partial charge on any atom is 0.151 e. The highest BCUT2D eigenvalue weighted by Gasteiger charge is 2.19. The highest BCUT2D eigenvalue weighted by molar-refractivity contribution is 5.57. The summed E-state index contributed by atoms with van der Waals surface area (Å²) in [4.78, 5) is 12.6. The fourth-order valence-corrected chi connectivity index (χ4v) is 1.35. The van der Waals surface area contributed by atoms with Crippen molar-refractivity contribution in [1.82, 2.24) is 10.2 Å². The van der Waals surface area contributed by atoms with E-state index in [1.54, 1.807) is 0 Å². The largest absolute Gasteiger partial charge is 0.329 e. The van der Waals surface area contributed by atoms with Gasteiger partial charge in [0.2, 0.25) is 0 Å². The minimum absolute atomic E-state index is 0.104. The van der Waals surface area contributed by atoms with Crippen molar-refractivity contribution in [2.45, 2.75) is 12.6 Å². The van der Waals surface area contributed by atoms with Crippen LogP contribution in [0.2, 0.25) is 0 Å². The van der Waals surface area contributed by atoms with E-state index < -0.39 is 0 Å². The third-order valence-electron chi connectivity index (χ3n) is 1.91. The lowest BCUT2D eigenvalue weighted by Crippen LogP contribution is -2.53. The first-order valence-corrected chi connectivity index (χ1v) is 4.01. The topological polar surface area (TPSA) is 58.4 Å². The Morgan fingerprint density at radius 1 is 1.73 bits per heavy atom. The normalized spacial score (nSPS) is 26.8. The van der Waals surface area contributed by atoms with E-state index in [1.807, 2.05) is 0 Å². The van der Waals surface area contributed by atoms with E-state index in [-0.39, 0.29) is 6.17 Å². The second-order valence-corrected chi connectivity index (χ2v) is 2.71. The van der Waals surface area contributed by atoms with Gasteiger partial charge in [0.15, 0.2) is 6.29 Å². The molecule has 0 aromatic rings. The highest BCUT2D eigenvalue weighted by atomic mass is 16.1. The first-order valence-electron chi connectivity index (χ1n) is 4.01. The Hall–Kier alpha value is -0.450. The number of rotatable bonds is 3. The maximum absolute atomic E-state index is 10.5. The second-order valence-electron chi connectivity index (χ2n) is 2.71. The van der Waals surface area contributed by atoms with Crippen molar-refractivity contribution in [2.75, 3.05) is 26.2 Å². The summed E-state index contributed by atoms with van der Waals surface area (Å²) in [5.41, 5.74) is 5.39. The maximum atomic E-state index is 10.5. The zero-order valence-electron chi connectivity index (χ0n) is 6.62. The smallest absolute Gasteiger partial charge is 0.151 e. The Labute approximate surface area is 66.7 Å². The number of nitrogens with one attached hydrogen (secondary N) is 1. The first-order chi connectivity index (χ1) is 5.38. The quantitative estimate of drug-likeness (QED) is 0.503. The van der Waals surface area contributed by atoms with Crippen LogP contribution in [0.25, 0.3) is 0 Å². The van der Waals surface area contributed by atoms with Crippen LogP contribution in [0.1, 0.15) is 6.42 Å². The number of hydrogen-bond donors (Lipinski definition) is 2. The van der Waals surface area contributed by atoms with Gasteiger partial charge >= 0.3 is 0 Å². The second kappa shape index (κ2) is 4.43. The Morgan fingerprint density at radius 2 is 2.55 bits per heavy atom. The van der Waals surface area contributed by atoms with Gasteiger partial charge in [0.25, 0.3) is 0 Å². The molecule has 4 nitrogen and oxygen atoms in total. The van der Waals surface area contributed by atoms with Crippen molar-refractivity contribution in [3.05, 3.63) is 0 Å². The molecule has 64 valence electrons. The third-order valence-corrected chi connectivity index (χ3v) is 1.91.